The lowest BCUT2D eigenvalue weighted by Gasteiger charge is -2.28. The summed E-state index contributed by atoms with van der Waals surface area (Å²) in [7, 11) is 0. The quantitative estimate of drug-likeness (QED) is 0.356. The van der Waals surface area contributed by atoms with Crippen LogP contribution in [0.15, 0.2) is 53.4 Å². The van der Waals surface area contributed by atoms with Crippen molar-refractivity contribution in [1.82, 2.24) is 35.0 Å². The number of fused-ring (bicyclic) bond motifs is 1. The van der Waals surface area contributed by atoms with E-state index in [2.05, 4.69) is 50.8 Å². The van der Waals surface area contributed by atoms with Gasteiger partial charge in [0.25, 0.3) is 5.91 Å². The van der Waals surface area contributed by atoms with E-state index in [9.17, 15) is 18.0 Å². The highest BCUT2D eigenvalue weighted by Crippen LogP contribution is 2.26. The number of rotatable bonds is 7. The second kappa shape index (κ2) is 10.4. The van der Waals surface area contributed by atoms with Crippen LogP contribution in [0.2, 0.25) is 0 Å². The number of halogens is 4. The molecule has 0 bridgehead atoms. The molecule has 0 aliphatic rings. The van der Waals surface area contributed by atoms with Gasteiger partial charge in [0.2, 0.25) is 5.88 Å². The van der Waals surface area contributed by atoms with Gasteiger partial charge < -0.3 is 15.4 Å². The van der Waals surface area contributed by atoms with Crippen molar-refractivity contribution in [2.24, 2.45) is 0 Å². The van der Waals surface area contributed by atoms with Gasteiger partial charge in [0.05, 0.1) is 28.3 Å². The Hall–Kier alpha value is -3.94. The van der Waals surface area contributed by atoms with Crippen LogP contribution in [0.4, 0.5) is 19.0 Å². The van der Waals surface area contributed by atoms with Gasteiger partial charge in [-0.1, -0.05) is 0 Å². The maximum absolute atomic E-state index is 13.6. The Bertz CT molecular complexity index is 1370. The van der Waals surface area contributed by atoms with Crippen LogP contribution >= 0.6 is 15.9 Å². The first kappa shape index (κ1) is 25.2. The number of hydrogen-bond acceptors (Lipinski definition) is 9. The number of amides is 1. The van der Waals surface area contributed by atoms with E-state index in [4.69, 9.17) is 5.73 Å². The summed E-state index contributed by atoms with van der Waals surface area (Å²) in [5.41, 5.74) is 6.76. The molecular weight excluding hydrogens is 545 g/mol. The number of pyridine rings is 2. The molecular formula is C22H18BrF3N8O2. The van der Waals surface area contributed by atoms with Gasteiger partial charge in [-0.2, -0.15) is 18.3 Å². The van der Waals surface area contributed by atoms with E-state index in [1.165, 1.54) is 23.2 Å². The third-order valence-electron chi connectivity index (χ3n) is 4.99. The molecule has 1 amide bonds. The summed E-state index contributed by atoms with van der Waals surface area (Å²) in [5.74, 6) is -0.0392. The number of ether oxygens (including phenoxy) is 1. The van der Waals surface area contributed by atoms with Crippen LogP contribution in [-0.4, -0.2) is 53.7 Å². The number of nitrogens with two attached hydrogens (primary N) is 1. The topological polar surface area (TPSA) is 133 Å². The third-order valence-corrected chi connectivity index (χ3v) is 5.63. The van der Waals surface area contributed by atoms with Gasteiger partial charge in [0.15, 0.2) is 12.3 Å². The van der Waals surface area contributed by atoms with Gasteiger partial charge in [-0.25, -0.2) is 19.9 Å². The van der Waals surface area contributed by atoms with Crippen LogP contribution in [0.25, 0.3) is 11.0 Å². The lowest BCUT2D eigenvalue weighted by molar-refractivity contribution is -0.154. The Kier molecular flexibility index (Phi) is 7.24. The average molecular weight is 563 g/mol. The zero-order valence-electron chi connectivity index (χ0n) is 18.6. The molecule has 4 rings (SSSR count). The van der Waals surface area contributed by atoms with Gasteiger partial charge in [-0.15, -0.1) is 5.10 Å². The fourth-order valence-electron chi connectivity index (χ4n) is 3.22. The number of aromatic nitrogens is 6. The minimum atomic E-state index is -4.50. The summed E-state index contributed by atoms with van der Waals surface area (Å²) in [4.78, 5) is 32.0. The van der Waals surface area contributed by atoms with Crippen molar-refractivity contribution < 1.29 is 22.7 Å². The molecule has 0 aliphatic heterocycles. The van der Waals surface area contributed by atoms with Crippen molar-refractivity contribution in [2.75, 3.05) is 12.3 Å². The Labute approximate surface area is 210 Å². The van der Waals surface area contributed by atoms with E-state index in [1.807, 2.05) is 0 Å². The van der Waals surface area contributed by atoms with Crippen LogP contribution in [0, 0.1) is 0 Å². The molecule has 4 aromatic heterocycles. The Morgan fingerprint density at radius 1 is 1.17 bits per heavy atom. The molecule has 0 aliphatic carbocycles. The predicted molar refractivity (Wildman–Crippen MR) is 126 cm³/mol. The molecule has 0 spiro atoms. The molecule has 4 aromatic rings. The monoisotopic (exact) mass is 562 g/mol. The van der Waals surface area contributed by atoms with E-state index in [1.54, 1.807) is 37.5 Å². The SMILES string of the molecule is CC(c1ncccn1)N(Cc1ccc(OCC(F)(F)F)nn1)C(=O)c1cnc2nc(N)c(Br)cc2c1. The van der Waals surface area contributed by atoms with Crippen LogP contribution in [0.3, 0.4) is 0 Å². The zero-order valence-corrected chi connectivity index (χ0v) is 20.2. The van der Waals surface area contributed by atoms with Crippen molar-refractivity contribution in [2.45, 2.75) is 25.7 Å². The third kappa shape index (κ3) is 6.00. The molecule has 0 saturated heterocycles. The number of nitrogens with zero attached hydrogens (tertiary/aromatic N) is 7. The van der Waals surface area contributed by atoms with Crippen molar-refractivity contribution >= 4 is 38.7 Å². The maximum atomic E-state index is 13.6. The zero-order chi connectivity index (χ0) is 25.9. The van der Waals surface area contributed by atoms with E-state index >= 15 is 0 Å². The number of alkyl halides is 3. The van der Waals surface area contributed by atoms with Gasteiger partial charge in [0.1, 0.15) is 11.6 Å². The Balaban J connectivity index is 1.63. The van der Waals surface area contributed by atoms with Crippen molar-refractivity contribution in [3.63, 3.8) is 0 Å². The van der Waals surface area contributed by atoms with E-state index in [0.717, 1.165) is 0 Å². The molecule has 0 radical (unpaired) electrons. The van der Waals surface area contributed by atoms with Crippen LogP contribution in [0.5, 0.6) is 5.88 Å². The van der Waals surface area contributed by atoms with Crippen molar-refractivity contribution in [3.8, 4) is 5.88 Å². The van der Waals surface area contributed by atoms with E-state index in [-0.39, 0.29) is 23.8 Å². The van der Waals surface area contributed by atoms with Gasteiger partial charge in [-0.05, 0) is 47.1 Å². The fraction of sp³-hybridized carbons (Fsp3) is 0.227. The van der Waals surface area contributed by atoms with Crippen LogP contribution in [0.1, 0.15) is 34.8 Å². The summed E-state index contributed by atoms with van der Waals surface area (Å²) in [5, 5.41) is 8.19. The molecule has 0 saturated carbocycles. The molecule has 1 atom stereocenters. The Morgan fingerprint density at radius 3 is 2.58 bits per heavy atom. The molecule has 1 unspecified atom stereocenters. The number of carbonyl (C=O) groups excluding carboxylic acids is 1. The normalized spacial score (nSPS) is 12.4. The van der Waals surface area contributed by atoms with E-state index < -0.39 is 24.7 Å². The summed E-state index contributed by atoms with van der Waals surface area (Å²) >= 11 is 3.32. The van der Waals surface area contributed by atoms with Gasteiger partial charge in [-0.3, -0.25) is 4.79 Å². The number of carbonyl (C=O) groups is 1. The molecule has 4 heterocycles. The fourth-order valence-corrected chi connectivity index (χ4v) is 3.56. The molecule has 36 heavy (non-hydrogen) atoms. The highest BCUT2D eigenvalue weighted by molar-refractivity contribution is 9.10. The molecule has 0 aromatic carbocycles. The molecule has 186 valence electrons. The van der Waals surface area contributed by atoms with Gasteiger partial charge in [0, 0.05) is 30.0 Å². The second-order valence-corrected chi connectivity index (χ2v) is 8.46. The number of anilines is 1. The predicted octanol–water partition coefficient (Wildman–Crippen LogP) is 3.90. The maximum Gasteiger partial charge on any atom is 0.422 e. The smallest absolute Gasteiger partial charge is 0.422 e. The standard InChI is InChI=1S/C22H18BrF3N8O2/c1-12(19-28-5-2-6-29-19)34(10-15-3-4-17(33-32-15)36-11-22(24,25)26)21(35)14-7-13-8-16(23)18(27)31-20(13)30-9-14/h2-9,12H,10-11H2,1H3,(H2,27,30,31). The minimum Gasteiger partial charge on any atom is -0.467 e. The first-order chi connectivity index (χ1) is 17.1. The van der Waals surface area contributed by atoms with Crippen molar-refractivity contribution in [1.29, 1.82) is 0 Å². The summed E-state index contributed by atoms with van der Waals surface area (Å²) < 4.78 is 42.3. The highest BCUT2D eigenvalue weighted by Gasteiger charge is 2.29. The first-order valence-corrected chi connectivity index (χ1v) is 11.2. The molecule has 2 N–H and O–H groups in total. The van der Waals surface area contributed by atoms with Crippen LogP contribution in [-0.2, 0) is 6.54 Å². The lowest BCUT2D eigenvalue weighted by Crippen LogP contribution is -2.34. The summed E-state index contributed by atoms with van der Waals surface area (Å²) in [6, 6.07) is 7.09. The Morgan fingerprint density at radius 2 is 1.92 bits per heavy atom. The first-order valence-electron chi connectivity index (χ1n) is 10.4. The molecule has 0 fully saturated rings. The number of nitrogen functional groups attached to an aromatic ring is 1. The summed E-state index contributed by atoms with van der Waals surface area (Å²) in [6.07, 6.45) is -0.00569. The number of hydrogen-bond donors (Lipinski definition) is 1. The molecule has 14 heteroatoms. The highest BCUT2D eigenvalue weighted by atomic mass is 79.9. The largest absolute Gasteiger partial charge is 0.467 e. The van der Waals surface area contributed by atoms with Gasteiger partial charge >= 0.3 is 6.18 Å². The van der Waals surface area contributed by atoms with Crippen molar-refractivity contribution in [3.05, 3.63) is 70.5 Å². The average Bonchev–Trinajstić information content (AvgIpc) is 2.86. The second-order valence-electron chi connectivity index (χ2n) is 7.61. The minimum absolute atomic E-state index is 0.0352. The summed E-state index contributed by atoms with van der Waals surface area (Å²) in [6.45, 7) is 0.223. The van der Waals surface area contributed by atoms with E-state index in [0.29, 0.717) is 27.0 Å². The molecule has 10 nitrogen and oxygen atoms in total. The van der Waals surface area contributed by atoms with Crippen LogP contribution < -0.4 is 10.5 Å². The lowest BCUT2D eigenvalue weighted by atomic mass is 10.1.